The molecule has 0 aliphatic carbocycles. The van der Waals surface area contributed by atoms with Crippen LogP contribution >= 0.6 is 0 Å². The molecule has 0 unspecified atom stereocenters. The molecule has 4 aromatic rings. The average Bonchev–Trinajstić information content (AvgIpc) is 3.28. The Labute approximate surface area is 185 Å². The Balaban J connectivity index is 1.59. The predicted molar refractivity (Wildman–Crippen MR) is 124 cm³/mol. The van der Waals surface area contributed by atoms with Crippen LogP contribution in [0.15, 0.2) is 60.8 Å². The molecule has 3 N–H and O–H groups in total. The normalized spacial score (nSPS) is 15.9. The minimum atomic E-state index is -0.462. The highest BCUT2D eigenvalue weighted by Crippen LogP contribution is 2.36. The monoisotopic (exact) mass is 425 g/mol. The molecular formula is C25H23N5O2. The summed E-state index contributed by atoms with van der Waals surface area (Å²) in [4.78, 5) is 28.2. The summed E-state index contributed by atoms with van der Waals surface area (Å²) >= 11 is 0. The van der Waals surface area contributed by atoms with E-state index in [0.717, 1.165) is 40.9 Å². The molecule has 0 saturated carbocycles. The molecule has 3 heterocycles. The van der Waals surface area contributed by atoms with Crippen molar-refractivity contribution in [1.82, 2.24) is 15.0 Å². The highest BCUT2D eigenvalue weighted by Gasteiger charge is 2.30. The van der Waals surface area contributed by atoms with Crippen molar-refractivity contribution >= 4 is 22.6 Å². The summed E-state index contributed by atoms with van der Waals surface area (Å²) < 4.78 is 0. The third-order valence-electron chi connectivity index (χ3n) is 5.96. The van der Waals surface area contributed by atoms with Gasteiger partial charge in [-0.25, -0.2) is 9.97 Å². The average molecular weight is 425 g/mol. The number of pyridine rings is 1. The van der Waals surface area contributed by atoms with Crippen molar-refractivity contribution in [3.8, 4) is 17.1 Å². The summed E-state index contributed by atoms with van der Waals surface area (Å²) in [5.41, 5.74) is 9.30. The first-order chi connectivity index (χ1) is 15.5. The molecule has 1 fully saturated rings. The SMILES string of the molecule is Cc1ccc2c(N3CC[C@@H](c4ncccc4C(N)=O)C3)nc(-c3ccccc3O)nc2c1. The van der Waals surface area contributed by atoms with E-state index in [1.54, 1.807) is 30.5 Å². The van der Waals surface area contributed by atoms with Gasteiger partial charge in [0.05, 0.1) is 22.3 Å². The molecule has 1 aliphatic heterocycles. The molecule has 1 aliphatic rings. The number of nitrogens with two attached hydrogens (primary N) is 1. The number of hydrogen-bond donors (Lipinski definition) is 2. The van der Waals surface area contributed by atoms with Crippen LogP contribution in [0.25, 0.3) is 22.3 Å². The fraction of sp³-hybridized carbons (Fsp3) is 0.200. The van der Waals surface area contributed by atoms with E-state index in [4.69, 9.17) is 15.7 Å². The third kappa shape index (κ3) is 3.51. The molecule has 5 rings (SSSR count). The summed E-state index contributed by atoms with van der Waals surface area (Å²) in [6.07, 6.45) is 2.53. The topological polar surface area (TPSA) is 105 Å². The standard InChI is InChI=1S/C25H23N5O2/c1-15-8-9-17-20(13-15)28-24(18-5-2-3-7-21(18)31)29-25(17)30-12-10-16(14-30)22-19(23(26)32)6-4-11-27-22/h2-9,11,13,16,31H,10,12,14H2,1H3,(H2,26,32)/t16-/m1/s1. The van der Waals surface area contributed by atoms with Gasteiger partial charge in [0.1, 0.15) is 11.6 Å². The summed E-state index contributed by atoms with van der Waals surface area (Å²) in [5, 5.41) is 11.3. The number of benzene rings is 2. The first-order valence-corrected chi connectivity index (χ1v) is 10.6. The lowest BCUT2D eigenvalue weighted by molar-refractivity contribution is 0.0998. The number of aromatic nitrogens is 3. The number of fused-ring (bicyclic) bond motifs is 1. The molecule has 0 radical (unpaired) electrons. The van der Waals surface area contributed by atoms with Gasteiger partial charge in [-0.05, 0) is 55.3 Å². The number of aromatic hydroxyl groups is 1. The fourth-order valence-corrected chi connectivity index (χ4v) is 4.37. The number of para-hydroxylation sites is 1. The lowest BCUT2D eigenvalue weighted by atomic mass is 9.99. The van der Waals surface area contributed by atoms with Gasteiger partial charge in [0.15, 0.2) is 5.82 Å². The number of carbonyl (C=O) groups excluding carboxylic acids is 1. The zero-order valence-corrected chi connectivity index (χ0v) is 17.7. The number of hydrogen-bond acceptors (Lipinski definition) is 6. The molecule has 1 amide bonds. The molecule has 32 heavy (non-hydrogen) atoms. The number of aryl methyl sites for hydroxylation is 1. The molecule has 0 spiro atoms. The van der Waals surface area contributed by atoms with Crippen LogP contribution in [0.4, 0.5) is 5.82 Å². The van der Waals surface area contributed by atoms with Crippen LogP contribution in [0.2, 0.25) is 0 Å². The Morgan fingerprint density at radius 1 is 1.12 bits per heavy atom. The van der Waals surface area contributed by atoms with Crippen molar-refractivity contribution in [2.24, 2.45) is 5.73 Å². The molecule has 160 valence electrons. The second-order valence-corrected chi connectivity index (χ2v) is 8.14. The third-order valence-corrected chi connectivity index (χ3v) is 5.96. The molecule has 2 aromatic carbocycles. The predicted octanol–water partition coefficient (Wildman–Crippen LogP) is 3.80. The van der Waals surface area contributed by atoms with Crippen molar-refractivity contribution in [2.45, 2.75) is 19.3 Å². The van der Waals surface area contributed by atoms with Crippen molar-refractivity contribution in [3.05, 3.63) is 77.6 Å². The van der Waals surface area contributed by atoms with Gasteiger partial charge in [-0.1, -0.05) is 18.2 Å². The minimum Gasteiger partial charge on any atom is -0.507 e. The second-order valence-electron chi connectivity index (χ2n) is 8.14. The van der Waals surface area contributed by atoms with Crippen molar-refractivity contribution < 1.29 is 9.90 Å². The zero-order chi connectivity index (χ0) is 22.2. The Kier molecular flexibility index (Phi) is 4.93. The lowest BCUT2D eigenvalue weighted by Crippen LogP contribution is -2.23. The van der Waals surface area contributed by atoms with Gasteiger partial charge in [-0.2, -0.15) is 0 Å². The Morgan fingerprint density at radius 3 is 2.78 bits per heavy atom. The summed E-state index contributed by atoms with van der Waals surface area (Å²) in [6, 6.07) is 16.7. The maximum Gasteiger partial charge on any atom is 0.250 e. The molecule has 0 bridgehead atoms. The maximum absolute atomic E-state index is 11.9. The smallest absolute Gasteiger partial charge is 0.250 e. The van der Waals surface area contributed by atoms with Gasteiger partial charge in [0.25, 0.3) is 5.91 Å². The van der Waals surface area contributed by atoms with E-state index in [1.165, 1.54) is 0 Å². The van der Waals surface area contributed by atoms with Gasteiger partial charge < -0.3 is 15.7 Å². The number of phenols is 1. The Hall–Kier alpha value is -4.00. The second kappa shape index (κ2) is 7.92. The Bertz CT molecular complexity index is 1340. The molecule has 7 nitrogen and oxygen atoms in total. The van der Waals surface area contributed by atoms with Gasteiger partial charge in [-0.3, -0.25) is 9.78 Å². The van der Waals surface area contributed by atoms with Gasteiger partial charge in [0, 0.05) is 30.6 Å². The van der Waals surface area contributed by atoms with Gasteiger partial charge >= 0.3 is 0 Å². The highest BCUT2D eigenvalue weighted by atomic mass is 16.3. The number of amides is 1. The van der Waals surface area contributed by atoms with Crippen LogP contribution in [-0.2, 0) is 0 Å². The first kappa shape index (κ1) is 19.9. The van der Waals surface area contributed by atoms with Crippen LogP contribution in [0, 0.1) is 6.92 Å². The number of carbonyl (C=O) groups is 1. The minimum absolute atomic E-state index is 0.0720. The molecule has 7 heteroatoms. The number of primary amides is 1. The van der Waals surface area contributed by atoms with E-state index >= 15 is 0 Å². The van der Waals surface area contributed by atoms with E-state index < -0.39 is 5.91 Å². The zero-order valence-electron chi connectivity index (χ0n) is 17.7. The van der Waals surface area contributed by atoms with Crippen molar-refractivity contribution in [1.29, 1.82) is 0 Å². The first-order valence-electron chi connectivity index (χ1n) is 10.6. The molecule has 2 aromatic heterocycles. The van der Waals surface area contributed by atoms with Gasteiger partial charge in [0.2, 0.25) is 0 Å². The van der Waals surface area contributed by atoms with E-state index in [-0.39, 0.29) is 11.7 Å². The van der Waals surface area contributed by atoms with Crippen LogP contribution < -0.4 is 10.6 Å². The van der Waals surface area contributed by atoms with E-state index in [9.17, 15) is 9.90 Å². The van der Waals surface area contributed by atoms with E-state index in [2.05, 4.69) is 9.88 Å². The largest absolute Gasteiger partial charge is 0.507 e. The van der Waals surface area contributed by atoms with E-state index in [1.807, 2.05) is 37.3 Å². The number of rotatable bonds is 4. The van der Waals surface area contributed by atoms with Crippen LogP contribution in [0.5, 0.6) is 5.75 Å². The maximum atomic E-state index is 11.9. The summed E-state index contributed by atoms with van der Waals surface area (Å²) in [7, 11) is 0. The number of anilines is 1. The highest BCUT2D eigenvalue weighted by molar-refractivity contribution is 5.94. The van der Waals surface area contributed by atoms with Crippen molar-refractivity contribution in [2.75, 3.05) is 18.0 Å². The number of phenolic OH excluding ortho intramolecular Hbond substituents is 1. The number of nitrogens with zero attached hydrogens (tertiary/aromatic N) is 4. The Morgan fingerprint density at radius 2 is 1.97 bits per heavy atom. The molecule has 1 atom stereocenters. The molecule has 1 saturated heterocycles. The summed E-state index contributed by atoms with van der Waals surface area (Å²) in [5.74, 6) is 1.05. The van der Waals surface area contributed by atoms with Gasteiger partial charge in [-0.15, -0.1) is 0 Å². The van der Waals surface area contributed by atoms with E-state index in [0.29, 0.717) is 23.5 Å². The quantitative estimate of drug-likeness (QED) is 0.515. The van der Waals surface area contributed by atoms with Crippen LogP contribution in [0.1, 0.15) is 34.0 Å². The van der Waals surface area contributed by atoms with Crippen molar-refractivity contribution in [3.63, 3.8) is 0 Å². The van der Waals surface area contributed by atoms with Crippen LogP contribution in [0.3, 0.4) is 0 Å². The molecular weight excluding hydrogens is 402 g/mol. The van der Waals surface area contributed by atoms with Crippen LogP contribution in [-0.4, -0.2) is 39.1 Å². The fourth-order valence-electron chi connectivity index (χ4n) is 4.37. The summed E-state index contributed by atoms with van der Waals surface area (Å²) in [6.45, 7) is 3.45. The lowest BCUT2D eigenvalue weighted by Gasteiger charge is -2.21.